The SMILES string of the molecule is CCNC(=NCC(C)(O)c1ccco1)N1CCS(=O)(=O)C2(CCCCC2)C1.I. The van der Waals surface area contributed by atoms with Gasteiger partial charge in [0.2, 0.25) is 0 Å². The van der Waals surface area contributed by atoms with E-state index in [4.69, 9.17) is 4.42 Å². The molecule has 1 aliphatic carbocycles. The van der Waals surface area contributed by atoms with Gasteiger partial charge in [0, 0.05) is 19.6 Å². The summed E-state index contributed by atoms with van der Waals surface area (Å²) in [5, 5.41) is 13.9. The van der Waals surface area contributed by atoms with Gasteiger partial charge >= 0.3 is 0 Å². The predicted molar refractivity (Wildman–Crippen MR) is 121 cm³/mol. The molecule has 2 N–H and O–H groups in total. The first-order valence-electron chi connectivity index (χ1n) is 9.82. The first-order valence-corrected chi connectivity index (χ1v) is 11.5. The first-order chi connectivity index (χ1) is 12.8. The van der Waals surface area contributed by atoms with E-state index in [1.54, 1.807) is 19.1 Å². The highest BCUT2D eigenvalue weighted by molar-refractivity contribution is 14.0. The largest absolute Gasteiger partial charge is 0.466 e. The number of nitrogens with one attached hydrogen (secondary N) is 1. The number of aliphatic hydroxyl groups is 1. The van der Waals surface area contributed by atoms with Gasteiger partial charge in [0.15, 0.2) is 15.8 Å². The molecule has 1 atom stereocenters. The average molecular weight is 525 g/mol. The van der Waals surface area contributed by atoms with Crippen LogP contribution in [0.1, 0.15) is 51.7 Å². The topological polar surface area (TPSA) is 95.1 Å². The van der Waals surface area contributed by atoms with Crippen LogP contribution in [0.25, 0.3) is 0 Å². The lowest BCUT2D eigenvalue weighted by Crippen LogP contribution is -2.60. The van der Waals surface area contributed by atoms with Crippen LogP contribution in [0, 0.1) is 0 Å². The van der Waals surface area contributed by atoms with E-state index in [0.717, 1.165) is 32.1 Å². The van der Waals surface area contributed by atoms with Crippen LogP contribution in [-0.2, 0) is 15.4 Å². The van der Waals surface area contributed by atoms with Crippen molar-refractivity contribution in [3.8, 4) is 0 Å². The Bertz CT molecular complexity index is 756. The van der Waals surface area contributed by atoms with E-state index in [1.165, 1.54) is 6.26 Å². The van der Waals surface area contributed by atoms with Gasteiger partial charge in [-0.05, 0) is 38.8 Å². The predicted octanol–water partition coefficient (Wildman–Crippen LogP) is 2.50. The molecule has 1 aromatic rings. The molecule has 2 fully saturated rings. The van der Waals surface area contributed by atoms with Crippen molar-refractivity contribution in [3.05, 3.63) is 24.2 Å². The van der Waals surface area contributed by atoms with Gasteiger partial charge in [-0.1, -0.05) is 19.3 Å². The monoisotopic (exact) mass is 525 g/mol. The Morgan fingerprint density at radius 2 is 2.11 bits per heavy atom. The second-order valence-electron chi connectivity index (χ2n) is 7.91. The molecule has 0 aromatic carbocycles. The fourth-order valence-electron chi connectivity index (χ4n) is 4.14. The Labute approximate surface area is 184 Å². The average Bonchev–Trinajstić information content (AvgIpc) is 3.18. The van der Waals surface area contributed by atoms with E-state index in [-0.39, 0.29) is 36.3 Å². The Morgan fingerprint density at radius 3 is 2.71 bits per heavy atom. The molecule has 28 heavy (non-hydrogen) atoms. The van der Waals surface area contributed by atoms with Crippen LogP contribution >= 0.6 is 24.0 Å². The van der Waals surface area contributed by atoms with Crippen LogP contribution < -0.4 is 5.32 Å². The lowest BCUT2D eigenvalue weighted by Gasteiger charge is -2.45. The maximum absolute atomic E-state index is 12.8. The van der Waals surface area contributed by atoms with E-state index in [1.807, 2.05) is 11.8 Å². The lowest BCUT2D eigenvalue weighted by molar-refractivity contribution is 0.0434. The molecule has 1 spiro atoms. The molecule has 1 aliphatic heterocycles. The molecule has 7 nitrogen and oxygen atoms in total. The molecule has 1 saturated heterocycles. The minimum absolute atomic E-state index is 0. The van der Waals surface area contributed by atoms with Crippen LogP contribution in [0.5, 0.6) is 0 Å². The van der Waals surface area contributed by atoms with Gasteiger partial charge in [0.05, 0.1) is 23.3 Å². The number of halogens is 1. The zero-order valence-corrected chi connectivity index (χ0v) is 19.8. The van der Waals surface area contributed by atoms with Crippen LogP contribution in [-0.4, -0.2) is 61.1 Å². The highest BCUT2D eigenvalue weighted by atomic mass is 127. The van der Waals surface area contributed by atoms with Crippen LogP contribution in [0.15, 0.2) is 27.8 Å². The zero-order chi connectivity index (χ0) is 19.5. The van der Waals surface area contributed by atoms with Crippen molar-refractivity contribution in [2.75, 3.05) is 31.9 Å². The normalized spacial score (nSPS) is 23.7. The van der Waals surface area contributed by atoms with Crippen LogP contribution in [0.2, 0.25) is 0 Å². The number of nitrogens with zero attached hydrogens (tertiary/aromatic N) is 2. The molecule has 160 valence electrons. The van der Waals surface area contributed by atoms with E-state index >= 15 is 0 Å². The van der Waals surface area contributed by atoms with Crippen LogP contribution in [0.3, 0.4) is 0 Å². The number of hydrogen-bond acceptors (Lipinski definition) is 5. The van der Waals surface area contributed by atoms with E-state index in [9.17, 15) is 13.5 Å². The standard InChI is InChI=1S/C19H31N3O4S.HI/c1-3-20-17(21-14-18(2,23)16-8-7-12-26-16)22-11-13-27(24,25)19(15-22)9-5-4-6-10-19;/h7-8,12,23H,3-6,9-11,13-15H2,1-2H3,(H,20,21);1H. The molecular weight excluding hydrogens is 493 g/mol. The number of guanidine groups is 1. The fraction of sp³-hybridized carbons (Fsp3) is 0.737. The van der Waals surface area contributed by atoms with Gasteiger partial charge in [-0.3, -0.25) is 0 Å². The van der Waals surface area contributed by atoms with Crippen molar-refractivity contribution in [3.63, 3.8) is 0 Å². The molecule has 0 bridgehead atoms. The summed E-state index contributed by atoms with van der Waals surface area (Å²) in [7, 11) is -3.10. The molecule has 2 aliphatic rings. The summed E-state index contributed by atoms with van der Waals surface area (Å²) in [5.74, 6) is 1.28. The second-order valence-corrected chi connectivity index (χ2v) is 10.4. The summed E-state index contributed by atoms with van der Waals surface area (Å²) in [6.45, 7) is 5.37. The zero-order valence-electron chi connectivity index (χ0n) is 16.7. The second kappa shape index (κ2) is 9.34. The molecule has 2 heterocycles. The third-order valence-electron chi connectivity index (χ3n) is 5.76. The van der Waals surface area contributed by atoms with Gasteiger partial charge < -0.3 is 19.7 Å². The van der Waals surface area contributed by atoms with Crippen molar-refractivity contribution in [1.29, 1.82) is 0 Å². The summed E-state index contributed by atoms with van der Waals surface area (Å²) in [5.41, 5.74) is -1.21. The quantitative estimate of drug-likeness (QED) is 0.357. The highest BCUT2D eigenvalue weighted by Gasteiger charge is 2.48. The van der Waals surface area contributed by atoms with E-state index in [0.29, 0.717) is 31.4 Å². The lowest BCUT2D eigenvalue weighted by atomic mass is 9.87. The Morgan fingerprint density at radius 1 is 1.39 bits per heavy atom. The number of rotatable bonds is 4. The van der Waals surface area contributed by atoms with E-state index in [2.05, 4.69) is 10.3 Å². The minimum Gasteiger partial charge on any atom is -0.466 e. The Hall–Kier alpha value is -0.810. The van der Waals surface area contributed by atoms with Crippen molar-refractivity contribution < 1.29 is 17.9 Å². The Balaban J connectivity index is 0.00000280. The molecule has 3 rings (SSSR count). The molecule has 1 saturated carbocycles. The summed E-state index contributed by atoms with van der Waals surface area (Å²) in [6.07, 6.45) is 6.03. The van der Waals surface area contributed by atoms with Crippen molar-refractivity contribution in [2.45, 2.75) is 56.3 Å². The number of sulfone groups is 1. The molecule has 1 aromatic heterocycles. The third-order valence-corrected chi connectivity index (χ3v) is 8.33. The van der Waals surface area contributed by atoms with Crippen molar-refractivity contribution >= 4 is 39.8 Å². The van der Waals surface area contributed by atoms with E-state index < -0.39 is 20.2 Å². The fourth-order valence-corrected chi connectivity index (χ4v) is 6.29. The van der Waals surface area contributed by atoms with Crippen LogP contribution in [0.4, 0.5) is 0 Å². The van der Waals surface area contributed by atoms with Crippen molar-refractivity contribution in [2.24, 2.45) is 4.99 Å². The molecular formula is C19H32IN3O4S. The summed E-state index contributed by atoms with van der Waals surface area (Å²) >= 11 is 0. The maximum Gasteiger partial charge on any atom is 0.194 e. The third kappa shape index (κ3) is 4.84. The van der Waals surface area contributed by atoms with Gasteiger partial charge in [0.25, 0.3) is 0 Å². The minimum atomic E-state index is -3.10. The maximum atomic E-state index is 12.8. The van der Waals surface area contributed by atoms with Crippen molar-refractivity contribution in [1.82, 2.24) is 10.2 Å². The summed E-state index contributed by atoms with van der Waals surface area (Å²) in [4.78, 5) is 6.67. The molecule has 1 unspecified atom stereocenters. The first kappa shape index (κ1) is 23.5. The summed E-state index contributed by atoms with van der Waals surface area (Å²) < 4.78 is 30.3. The highest BCUT2D eigenvalue weighted by Crippen LogP contribution is 2.38. The molecule has 9 heteroatoms. The van der Waals surface area contributed by atoms with Gasteiger partial charge in [0.1, 0.15) is 11.4 Å². The molecule has 0 radical (unpaired) electrons. The summed E-state index contributed by atoms with van der Waals surface area (Å²) in [6, 6.07) is 3.47. The smallest absolute Gasteiger partial charge is 0.194 e. The van der Waals surface area contributed by atoms with Gasteiger partial charge in [-0.2, -0.15) is 0 Å². The number of aliphatic imine (C=N–C) groups is 1. The number of hydrogen-bond donors (Lipinski definition) is 2. The number of furan rings is 1. The Kier molecular flexibility index (Phi) is 7.83. The molecule has 0 amide bonds. The van der Waals surface area contributed by atoms with Gasteiger partial charge in [-0.25, -0.2) is 13.4 Å². The van der Waals surface area contributed by atoms with Gasteiger partial charge in [-0.15, -0.1) is 24.0 Å².